The molecule has 5 rings (SSSR count). The average molecular weight is 368 g/mol. The summed E-state index contributed by atoms with van der Waals surface area (Å²) >= 11 is 0. The Labute approximate surface area is 160 Å². The summed E-state index contributed by atoms with van der Waals surface area (Å²) in [7, 11) is 1.88. The van der Waals surface area contributed by atoms with Gasteiger partial charge in [0.2, 0.25) is 0 Å². The number of rotatable bonds is 3. The molecule has 4 heterocycles. The molecule has 5 aromatic rings. The Kier molecular flexibility index (Phi) is 3.65. The predicted molar refractivity (Wildman–Crippen MR) is 108 cm³/mol. The topological polar surface area (TPSA) is 88.5 Å². The summed E-state index contributed by atoms with van der Waals surface area (Å²) in [4.78, 5) is 24.5. The van der Waals surface area contributed by atoms with Crippen LogP contribution in [-0.2, 0) is 7.05 Å². The molecule has 0 saturated heterocycles. The highest BCUT2D eigenvalue weighted by molar-refractivity contribution is 6.06. The lowest BCUT2D eigenvalue weighted by atomic mass is 10.1. The number of nitrogens with zero attached hydrogens (tertiary/aromatic N) is 4. The summed E-state index contributed by atoms with van der Waals surface area (Å²) in [5, 5.41) is 8.95. The molecular weight excluding hydrogens is 352 g/mol. The van der Waals surface area contributed by atoms with Gasteiger partial charge in [-0.1, -0.05) is 0 Å². The summed E-state index contributed by atoms with van der Waals surface area (Å²) in [6.45, 7) is 0. The van der Waals surface area contributed by atoms with Crippen LogP contribution in [0.15, 0.2) is 67.4 Å². The quantitative estimate of drug-likeness (QED) is 0.507. The van der Waals surface area contributed by atoms with Crippen LogP contribution in [0.4, 0.5) is 5.82 Å². The number of aromatic amines is 1. The van der Waals surface area contributed by atoms with E-state index in [2.05, 4.69) is 25.4 Å². The molecule has 0 bridgehead atoms. The lowest BCUT2D eigenvalue weighted by Crippen LogP contribution is -2.12. The van der Waals surface area contributed by atoms with Crippen LogP contribution in [0, 0.1) is 0 Å². The standard InChI is InChI=1S/C21H16N6O/c1-27-12-17(10-25-27)16-7-15-8-20(24-11-19(15)23-9-16)26-21(28)14-2-3-18-13(6-14)4-5-22-18/h2-12,22H,1H3,(H,24,26,28). The first-order valence-corrected chi connectivity index (χ1v) is 8.79. The second-order valence-corrected chi connectivity index (χ2v) is 6.62. The van der Waals surface area contributed by atoms with E-state index in [1.165, 1.54) is 0 Å². The molecule has 0 aliphatic rings. The molecule has 28 heavy (non-hydrogen) atoms. The van der Waals surface area contributed by atoms with Crippen molar-refractivity contribution in [3.8, 4) is 11.1 Å². The van der Waals surface area contributed by atoms with Crippen molar-refractivity contribution >= 4 is 33.5 Å². The van der Waals surface area contributed by atoms with E-state index in [0.717, 1.165) is 32.9 Å². The van der Waals surface area contributed by atoms with E-state index in [-0.39, 0.29) is 5.91 Å². The third-order valence-electron chi connectivity index (χ3n) is 4.66. The molecule has 2 N–H and O–H groups in total. The number of carbonyl (C=O) groups excluding carboxylic acids is 1. The van der Waals surface area contributed by atoms with Crippen molar-refractivity contribution in [1.82, 2.24) is 24.7 Å². The fourth-order valence-corrected chi connectivity index (χ4v) is 3.21. The zero-order valence-electron chi connectivity index (χ0n) is 15.0. The monoisotopic (exact) mass is 368 g/mol. The van der Waals surface area contributed by atoms with Crippen LogP contribution in [0.5, 0.6) is 0 Å². The first-order valence-electron chi connectivity index (χ1n) is 8.79. The molecule has 0 saturated carbocycles. The molecule has 7 heteroatoms. The lowest BCUT2D eigenvalue weighted by Gasteiger charge is -2.07. The number of hydrogen-bond donors (Lipinski definition) is 2. The largest absolute Gasteiger partial charge is 0.361 e. The van der Waals surface area contributed by atoms with E-state index in [9.17, 15) is 4.79 Å². The van der Waals surface area contributed by atoms with Crippen LogP contribution >= 0.6 is 0 Å². The normalized spacial score (nSPS) is 11.2. The van der Waals surface area contributed by atoms with Gasteiger partial charge in [-0.15, -0.1) is 0 Å². The number of benzene rings is 1. The Morgan fingerprint density at radius 2 is 1.93 bits per heavy atom. The van der Waals surface area contributed by atoms with Crippen LogP contribution in [-0.4, -0.2) is 30.6 Å². The molecule has 1 aromatic carbocycles. The summed E-state index contributed by atoms with van der Waals surface area (Å²) in [6.07, 6.45) is 9.04. The molecule has 136 valence electrons. The van der Waals surface area contributed by atoms with Gasteiger partial charge in [0.25, 0.3) is 5.91 Å². The highest BCUT2D eigenvalue weighted by atomic mass is 16.1. The molecule has 0 atom stereocenters. The number of aromatic nitrogens is 5. The molecule has 4 aromatic heterocycles. The fraction of sp³-hybridized carbons (Fsp3) is 0.0476. The van der Waals surface area contributed by atoms with Gasteiger partial charge >= 0.3 is 0 Å². The Hall–Kier alpha value is -4.00. The predicted octanol–water partition coefficient (Wildman–Crippen LogP) is 3.76. The fourth-order valence-electron chi connectivity index (χ4n) is 3.21. The van der Waals surface area contributed by atoms with E-state index in [1.807, 2.05) is 49.8 Å². The number of aryl methyl sites for hydroxylation is 1. The number of pyridine rings is 2. The van der Waals surface area contributed by atoms with Gasteiger partial charge in [-0.05, 0) is 36.4 Å². The molecule has 0 aliphatic heterocycles. The molecule has 0 spiro atoms. The van der Waals surface area contributed by atoms with Gasteiger partial charge in [0.15, 0.2) is 0 Å². The summed E-state index contributed by atoms with van der Waals surface area (Å²) in [5.74, 6) is 0.281. The second-order valence-electron chi connectivity index (χ2n) is 6.62. The Morgan fingerprint density at radius 1 is 1.00 bits per heavy atom. The van der Waals surface area contributed by atoms with Crippen molar-refractivity contribution < 1.29 is 4.79 Å². The highest BCUT2D eigenvalue weighted by Gasteiger charge is 2.10. The van der Waals surface area contributed by atoms with Crippen molar-refractivity contribution in [2.45, 2.75) is 0 Å². The van der Waals surface area contributed by atoms with Gasteiger partial charge in [0, 0.05) is 58.6 Å². The van der Waals surface area contributed by atoms with E-state index < -0.39 is 0 Å². The minimum Gasteiger partial charge on any atom is -0.361 e. The molecular formula is C21H16N6O. The van der Waals surface area contributed by atoms with Gasteiger partial charge < -0.3 is 10.3 Å². The molecule has 0 aliphatic carbocycles. The van der Waals surface area contributed by atoms with Crippen molar-refractivity contribution in [2.75, 3.05) is 5.32 Å². The first kappa shape index (κ1) is 16.2. The molecule has 1 amide bonds. The maximum Gasteiger partial charge on any atom is 0.256 e. The van der Waals surface area contributed by atoms with Gasteiger partial charge in [-0.2, -0.15) is 5.10 Å². The van der Waals surface area contributed by atoms with Gasteiger partial charge in [-0.3, -0.25) is 14.5 Å². The molecule has 0 unspecified atom stereocenters. The van der Waals surface area contributed by atoms with Crippen LogP contribution in [0.2, 0.25) is 0 Å². The maximum absolute atomic E-state index is 12.6. The average Bonchev–Trinajstić information content (AvgIpc) is 3.35. The zero-order chi connectivity index (χ0) is 19.1. The van der Waals surface area contributed by atoms with Crippen molar-refractivity contribution in [3.05, 3.63) is 72.9 Å². The highest BCUT2D eigenvalue weighted by Crippen LogP contribution is 2.23. The molecule has 0 radical (unpaired) electrons. The van der Waals surface area contributed by atoms with E-state index in [1.54, 1.807) is 29.3 Å². The van der Waals surface area contributed by atoms with Crippen LogP contribution < -0.4 is 5.32 Å². The zero-order valence-corrected chi connectivity index (χ0v) is 15.0. The molecule has 0 fully saturated rings. The Morgan fingerprint density at radius 3 is 2.79 bits per heavy atom. The lowest BCUT2D eigenvalue weighted by molar-refractivity contribution is 0.102. The number of carbonyl (C=O) groups is 1. The third kappa shape index (κ3) is 2.88. The van der Waals surface area contributed by atoms with Crippen LogP contribution in [0.1, 0.15) is 10.4 Å². The Balaban J connectivity index is 1.45. The van der Waals surface area contributed by atoms with Gasteiger partial charge in [0.1, 0.15) is 5.82 Å². The van der Waals surface area contributed by atoms with Crippen LogP contribution in [0.25, 0.3) is 32.9 Å². The maximum atomic E-state index is 12.6. The summed E-state index contributed by atoms with van der Waals surface area (Å²) < 4.78 is 1.75. The van der Waals surface area contributed by atoms with Gasteiger partial charge in [0.05, 0.1) is 17.9 Å². The minimum atomic E-state index is -0.202. The smallest absolute Gasteiger partial charge is 0.256 e. The van der Waals surface area contributed by atoms with E-state index >= 15 is 0 Å². The van der Waals surface area contributed by atoms with Gasteiger partial charge in [-0.25, -0.2) is 4.98 Å². The summed E-state index contributed by atoms with van der Waals surface area (Å²) in [5.41, 5.74) is 4.28. The number of fused-ring (bicyclic) bond motifs is 2. The molecule has 7 nitrogen and oxygen atoms in total. The SMILES string of the molecule is Cn1cc(-c2cnc3cnc(NC(=O)c4ccc5[nH]ccc5c4)cc3c2)cn1. The Bertz CT molecular complexity index is 1330. The van der Waals surface area contributed by atoms with Crippen molar-refractivity contribution in [1.29, 1.82) is 0 Å². The number of H-pyrrole nitrogens is 1. The first-order chi connectivity index (χ1) is 13.7. The number of anilines is 1. The van der Waals surface area contributed by atoms with Crippen molar-refractivity contribution in [2.24, 2.45) is 7.05 Å². The van der Waals surface area contributed by atoms with Crippen LogP contribution in [0.3, 0.4) is 0 Å². The summed E-state index contributed by atoms with van der Waals surface area (Å²) in [6, 6.07) is 11.3. The second kappa shape index (κ2) is 6.31. The van der Waals surface area contributed by atoms with Crippen molar-refractivity contribution in [3.63, 3.8) is 0 Å². The number of nitrogens with one attached hydrogen (secondary N) is 2. The number of hydrogen-bond acceptors (Lipinski definition) is 4. The van der Waals surface area contributed by atoms with E-state index in [4.69, 9.17) is 0 Å². The third-order valence-corrected chi connectivity index (χ3v) is 4.66. The minimum absolute atomic E-state index is 0.202. The van der Waals surface area contributed by atoms with E-state index in [0.29, 0.717) is 11.4 Å². The number of amides is 1.